The highest BCUT2D eigenvalue weighted by atomic mass is 32.1. The predicted molar refractivity (Wildman–Crippen MR) is 77.5 cm³/mol. The Labute approximate surface area is 117 Å². The van der Waals surface area contributed by atoms with Crippen molar-refractivity contribution in [3.8, 4) is 16.5 Å². The molecule has 0 aliphatic carbocycles. The van der Waals surface area contributed by atoms with Crippen molar-refractivity contribution in [2.24, 2.45) is 0 Å². The Balaban J connectivity index is 2.30. The molecule has 0 saturated carbocycles. The monoisotopic (exact) mass is 287 g/mol. The Morgan fingerprint density at radius 2 is 2.32 bits per heavy atom. The third kappa shape index (κ3) is 1.97. The van der Waals surface area contributed by atoms with Crippen LogP contribution in [0.1, 0.15) is 4.88 Å². The van der Waals surface area contributed by atoms with Crippen molar-refractivity contribution in [1.29, 1.82) is 5.26 Å². The van der Waals surface area contributed by atoms with Gasteiger partial charge in [-0.15, -0.1) is 22.7 Å². The quantitative estimate of drug-likeness (QED) is 0.728. The van der Waals surface area contributed by atoms with Crippen LogP contribution in [0.2, 0.25) is 0 Å². The van der Waals surface area contributed by atoms with Gasteiger partial charge in [-0.25, -0.2) is 4.98 Å². The molecule has 0 amide bonds. The number of fused-ring (bicyclic) bond motifs is 1. The lowest BCUT2D eigenvalue weighted by Gasteiger charge is -2.00. The first-order valence-electron chi connectivity index (χ1n) is 5.61. The molecule has 0 bridgehead atoms. The summed E-state index contributed by atoms with van der Waals surface area (Å²) in [7, 11) is 0. The van der Waals surface area contributed by atoms with Crippen LogP contribution in [0.25, 0.3) is 20.7 Å². The van der Waals surface area contributed by atoms with Crippen LogP contribution in [0.4, 0.5) is 0 Å². The molecule has 3 heterocycles. The first-order valence-corrected chi connectivity index (χ1v) is 7.30. The standard InChI is InChI=1S/C13H9N3OS2/c1-8-2-3-10(19-8)9-6-18-12-11(9)13(17)16(5-4-14)7-15-12/h2-3,6-7H,5H2,1H3. The zero-order valence-corrected chi connectivity index (χ0v) is 11.7. The number of aromatic nitrogens is 2. The van der Waals surface area contributed by atoms with Crippen molar-refractivity contribution in [1.82, 2.24) is 9.55 Å². The Hall–Kier alpha value is -1.97. The van der Waals surface area contributed by atoms with Gasteiger partial charge in [-0.05, 0) is 19.1 Å². The molecule has 0 radical (unpaired) electrons. The average molecular weight is 287 g/mol. The van der Waals surface area contributed by atoms with Crippen LogP contribution in [0.15, 0.2) is 28.6 Å². The summed E-state index contributed by atoms with van der Waals surface area (Å²) >= 11 is 3.11. The molecule has 4 nitrogen and oxygen atoms in total. The lowest BCUT2D eigenvalue weighted by atomic mass is 10.2. The van der Waals surface area contributed by atoms with E-state index in [2.05, 4.69) is 4.98 Å². The fraction of sp³-hybridized carbons (Fsp3) is 0.154. The van der Waals surface area contributed by atoms with Crippen LogP contribution in [0.3, 0.4) is 0 Å². The maximum atomic E-state index is 12.4. The number of hydrogen-bond donors (Lipinski definition) is 0. The van der Waals surface area contributed by atoms with Gasteiger partial charge in [-0.3, -0.25) is 9.36 Å². The fourth-order valence-corrected chi connectivity index (χ4v) is 3.78. The number of thiophene rings is 2. The smallest absolute Gasteiger partial charge is 0.263 e. The summed E-state index contributed by atoms with van der Waals surface area (Å²) in [6, 6.07) is 6.03. The van der Waals surface area contributed by atoms with Crippen LogP contribution in [0.5, 0.6) is 0 Å². The second kappa shape index (κ2) is 4.61. The van der Waals surface area contributed by atoms with Crippen LogP contribution in [-0.2, 0) is 6.54 Å². The summed E-state index contributed by atoms with van der Waals surface area (Å²) in [5.74, 6) is 0. The van der Waals surface area contributed by atoms with Gasteiger partial charge in [0.2, 0.25) is 0 Å². The molecule has 0 fully saturated rings. The van der Waals surface area contributed by atoms with E-state index in [1.807, 2.05) is 30.5 Å². The Morgan fingerprint density at radius 1 is 1.47 bits per heavy atom. The van der Waals surface area contributed by atoms with Gasteiger partial charge in [0.15, 0.2) is 0 Å². The molecular formula is C13H9N3OS2. The van der Waals surface area contributed by atoms with Gasteiger partial charge < -0.3 is 0 Å². The number of nitrogens with zero attached hydrogens (tertiary/aromatic N) is 3. The summed E-state index contributed by atoms with van der Waals surface area (Å²) in [6.45, 7) is 2.06. The maximum Gasteiger partial charge on any atom is 0.263 e. The number of nitriles is 1. The summed E-state index contributed by atoms with van der Waals surface area (Å²) in [4.78, 5) is 19.6. The minimum absolute atomic E-state index is 0.0283. The molecule has 0 N–H and O–H groups in total. The first-order chi connectivity index (χ1) is 9.20. The first kappa shape index (κ1) is 12.1. The minimum atomic E-state index is -0.145. The van der Waals surface area contributed by atoms with E-state index in [4.69, 9.17) is 5.26 Å². The van der Waals surface area contributed by atoms with Crippen LogP contribution >= 0.6 is 22.7 Å². The van der Waals surface area contributed by atoms with E-state index >= 15 is 0 Å². The minimum Gasteiger partial charge on any atom is -0.285 e. The normalized spacial score (nSPS) is 10.7. The van der Waals surface area contributed by atoms with Gasteiger partial charge in [0.25, 0.3) is 5.56 Å². The maximum absolute atomic E-state index is 12.4. The third-order valence-corrected chi connectivity index (χ3v) is 4.73. The highest BCUT2D eigenvalue weighted by Gasteiger charge is 2.14. The number of aryl methyl sites for hydroxylation is 1. The van der Waals surface area contributed by atoms with E-state index in [1.165, 1.54) is 27.1 Å². The van der Waals surface area contributed by atoms with Gasteiger partial charge in [0, 0.05) is 20.7 Å². The van der Waals surface area contributed by atoms with Crippen molar-refractivity contribution in [3.05, 3.63) is 39.1 Å². The predicted octanol–water partition coefficient (Wildman–Crippen LogP) is 3.02. The van der Waals surface area contributed by atoms with E-state index in [-0.39, 0.29) is 12.1 Å². The van der Waals surface area contributed by atoms with Crippen LogP contribution < -0.4 is 5.56 Å². The Kier molecular flexibility index (Phi) is 2.93. The molecule has 0 saturated heterocycles. The van der Waals surface area contributed by atoms with E-state index in [0.29, 0.717) is 5.39 Å². The zero-order valence-electron chi connectivity index (χ0n) is 10.1. The highest BCUT2D eigenvalue weighted by molar-refractivity contribution is 7.19. The molecule has 3 aromatic rings. The molecule has 0 aromatic carbocycles. The van der Waals surface area contributed by atoms with Crippen molar-refractivity contribution >= 4 is 32.9 Å². The second-order valence-electron chi connectivity index (χ2n) is 4.08. The summed E-state index contributed by atoms with van der Waals surface area (Å²) in [6.07, 6.45) is 1.44. The number of rotatable bonds is 2. The Bertz CT molecular complexity index is 851. The van der Waals surface area contributed by atoms with Crippen molar-refractivity contribution < 1.29 is 0 Å². The molecule has 0 aliphatic heterocycles. The SMILES string of the molecule is Cc1ccc(-c2csc3ncn(CC#N)c(=O)c23)s1. The summed E-state index contributed by atoms with van der Waals surface area (Å²) in [5, 5.41) is 11.3. The highest BCUT2D eigenvalue weighted by Crippen LogP contribution is 2.34. The molecule has 3 aromatic heterocycles. The number of hydrogen-bond acceptors (Lipinski definition) is 5. The van der Waals surface area contributed by atoms with Crippen LogP contribution in [-0.4, -0.2) is 9.55 Å². The van der Waals surface area contributed by atoms with Crippen molar-refractivity contribution in [2.75, 3.05) is 0 Å². The molecule has 0 unspecified atom stereocenters. The third-order valence-electron chi connectivity index (χ3n) is 2.81. The lowest BCUT2D eigenvalue weighted by Crippen LogP contribution is -2.19. The zero-order chi connectivity index (χ0) is 13.4. The molecule has 19 heavy (non-hydrogen) atoms. The average Bonchev–Trinajstić information content (AvgIpc) is 2.99. The van der Waals surface area contributed by atoms with Gasteiger partial charge in [0.05, 0.1) is 11.5 Å². The summed E-state index contributed by atoms with van der Waals surface area (Å²) in [5.41, 5.74) is 0.775. The molecule has 0 spiro atoms. The molecule has 0 atom stereocenters. The van der Waals surface area contributed by atoms with E-state index in [1.54, 1.807) is 11.3 Å². The molecule has 3 rings (SSSR count). The topological polar surface area (TPSA) is 58.7 Å². The van der Waals surface area contributed by atoms with E-state index in [0.717, 1.165) is 15.3 Å². The fourth-order valence-electron chi connectivity index (χ4n) is 1.92. The molecule has 0 aliphatic rings. The molecule has 6 heteroatoms. The van der Waals surface area contributed by atoms with Gasteiger partial charge in [-0.2, -0.15) is 5.26 Å². The van der Waals surface area contributed by atoms with E-state index < -0.39 is 0 Å². The van der Waals surface area contributed by atoms with Gasteiger partial charge in [-0.1, -0.05) is 0 Å². The van der Waals surface area contributed by atoms with E-state index in [9.17, 15) is 4.79 Å². The molecule has 94 valence electrons. The lowest BCUT2D eigenvalue weighted by molar-refractivity contribution is 0.777. The summed E-state index contributed by atoms with van der Waals surface area (Å²) < 4.78 is 1.35. The van der Waals surface area contributed by atoms with Crippen molar-refractivity contribution in [2.45, 2.75) is 13.5 Å². The van der Waals surface area contributed by atoms with Gasteiger partial charge >= 0.3 is 0 Å². The van der Waals surface area contributed by atoms with Crippen LogP contribution in [0, 0.1) is 18.3 Å². The van der Waals surface area contributed by atoms with Crippen molar-refractivity contribution in [3.63, 3.8) is 0 Å². The largest absolute Gasteiger partial charge is 0.285 e. The van der Waals surface area contributed by atoms with Gasteiger partial charge in [0.1, 0.15) is 17.7 Å². The second-order valence-corrected chi connectivity index (χ2v) is 6.22. The molecular weight excluding hydrogens is 278 g/mol. The Morgan fingerprint density at radius 3 is 3.00 bits per heavy atom.